The summed E-state index contributed by atoms with van der Waals surface area (Å²) in [6, 6.07) is 28.4. The van der Waals surface area contributed by atoms with Crippen LogP contribution in [0.2, 0.25) is 0 Å². The first kappa shape index (κ1) is 17.1. The standard InChI is InChI=1S/C25H17NO3/c27-20-9-4-6-17(14-20)24-15-22-21-10-2-1-5-16(21)11-12-23(22)26(24)19-8-3-7-18(13-19)25(28)29/h1-15,27H,(H,28,29). The number of aromatic carboxylic acids is 1. The number of rotatable bonds is 3. The first-order chi connectivity index (χ1) is 14.1. The van der Waals surface area contributed by atoms with Gasteiger partial charge in [0.25, 0.3) is 0 Å². The SMILES string of the molecule is O=C(O)c1cccc(-n2c(-c3cccc(O)c3)cc3c4ccccc4ccc32)c1. The predicted molar refractivity (Wildman–Crippen MR) is 115 cm³/mol. The third kappa shape index (κ3) is 2.82. The molecule has 0 saturated carbocycles. The Labute approximate surface area is 166 Å². The normalized spacial score (nSPS) is 11.2. The molecule has 0 bridgehead atoms. The van der Waals surface area contributed by atoms with E-state index in [1.807, 2.05) is 28.8 Å². The van der Waals surface area contributed by atoms with Crippen molar-refractivity contribution in [2.24, 2.45) is 0 Å². The van der Waals surface area contributed by atoms with Gasteiger partial charge in [-0.25, -0.2) is 4.79 Å². The summed E-state index contributed by atoms with van der Waals surface area (Å²) >= 11 is 0. The van der Waals surface area contributed by atoms with E-state index in [9.17, 15) is 15.0 Å². The summed E-state index contributed by atoms with van der Waals surface area (Å²) in [4.78, 5) is 11.5. The molecule has 0 aliphatic carbocycles. The van der Waals surface area contributed by atoms with Gasteiger partial charge in [-0.2, -0.15) is 0 Å². The number of phenolic OH excluding ortho intramolecular Hbond substituents is 1. The summed E-state index contributed by atoms with van der Waals surface area (Å²) in [5.74, 6) is -0.781. The lowest BCUT2D eigenvalue weighted by molar-refractivity contribution is 0.0697. The van der Waals surface area contributed by atoms with Gasteiger partial charge in [-0.05, 0) is 53.2 Å². The van der Waals surface area contributed by atoms with Gasteiger partial charge in [0.1, 0.15) is 5.75 Å². The summed E-state index contributed by atoms with van der Waals surface area (Å²) in [6.45, 7) is 0. The van der Waals surface area contributed by atoms with Crippen molar-refractivity contribution < 1.29 is 15.0 Å². The van der Waals surface area contributed by atoms with Crippen LogP contribution in [-0.4, -0.2) is 20.7 Å². The van der Waals surface area contributed by atoms with Crippen molar-refractivity contribution in [3.05, 3.63) is 96.6 Å². The zero-order valence-corrected chi connectivity index (χ0v) is 15.4. The van der Waals surface area contributed by atoms with Crippen LogP contribution < -0.4 is 0 Å². The highest BCUT2D eigenvalue weighted by Crippen LogP contribution is 2.36. The third-order valence-electron chi connectivity index (χ3n) is 5.20. The summed E-state index contributed by atoms with van der Waals surface area (Å²) in [6.07, 6.45) is 0. The number of carboxylic acid groups (broad SMARTS) is 1. The Morgan fingerprint density at radius 1 is 0.759 bits per heavy atom. The monoisotopic (exact) mass is 379 g/mol. The number of phenols is 1. The highest BCUT2D eigenvalue weighted by Gasteiger charge is 2.16. The average Bonchev–Trinajstić information content (AvgIpc) is 3.14. The van der Waals surface area contributed by atoms with Crippen LogP contribution in [0.1, 0.15) is 10.4 Å². The van der Waals surface area contributed by atoms with Gasteiger partial charge in [-0.3, -0.25) is 0 Å². The fourth-order valence-corrected chi connectivity index (χ4v) is 3.90. The zero-order chi connectivity index (χ0) is 20.0. The van der Waals surface area contributed by atoms with Crippen LogP contribution in [-0.2, 0) is 0 Å². The maximum Gasteiger partial charge on any atom is 0.335 e. The molecular formula is C25H17NO3. The molecular weight excluding hydrogens is 362 g/mol. The van der Waals surface area contributed by atoms with Crippen LogP contribution in [0.25, 0.3) is 38.6 Å². The summed E-state index contributed by atoms with van der Waals surface area (Å²) in [7, 11) is 0. The first-order valence-electron chi connectivity index (χ1n) is 9.28. The van der Waals surface area contributed by atoms with Crippen molar-refractivity contribution in [2.75, 3.05) is 0 Å². The Bertz CT molecular complexity index is 1400. The first-order valence-corrected chi connectivity index (χ1v) is 9.28. The molecule has 0 saturated heterocycles. The number of carboxylic acids is 1. The predicted octanol–water partition coefficient (Wildman–Crippen LogP) is 5.85. The highest BCUT2D eigenvalue weighted by atomic mass is 16.4. The molecule has 29 heavy (non-hydrogen) atoms. The van der Waals surface area contributed by atoms with Crippen LogP contribution in [0.3, 0.4) is 0 Å². The molecule has 0 atom stereocenters. The molecule has 0 spiro atoms. The van der Waals surface area contributed by atoms with Crippen LogP contribution in [0, 0.1) is 0 Å². The van der Waals surface area contributed by atoms with E-state index in [2.05, 4.69) is 30.3 Å². The van der Waals surface area contributed by atoms with Gasteiger partial charge in [-0.15, -0.1) is 0 Å². The molecule has 0 fully saturated rings. The second kappa shape index (κ2) is 6.53. The van der Waals surface area contributed by atoms with Crippen LogP contribution in [0.4, 0.5) is 0 Å². The van der Waals surface area contributed by atoms with Gasteiger partial charge in [-0.1, -0.05) is 48.5 Å². The fourth-order valence-electron chi connectivity index (χ4n) is 3.90. The van der Waals surface area contributed by atoms with E-state index < -0.39 is 5.97 Å². The Morgan fingerprint density at radius 3 is 2.41 bits per heavy atom. The van der Waals surface area contributed by atoms with E-state index in [1.165, 1.54) is 0 Å². The fraction of sp³-hybridized carbons (Fsp3) is 0. The average molecular weight is 379 g/mol. The minimum Gasteiger partial charge on any atom is -0.508 e. The van der Waals surface area contributed by atoms with Gasteiger partial charge in [0.15, 0.2) is 0 Å². The van der Waals surface area contributed by atoms with Crippen molar-refractivity contribution in [3.63, 3.8) is 0 Å². The maximum atomic E-state index is 11.5. The molecule has 1 heterocycles. The Hall–Kier alpha value is -4.05. The van der Waals surface area contributed by atoms with Gasteiger partial charge >= 0.3 is 5.97 Å². The lowest BCUT2D eigenvalue weighted by Gasteiger charge is -2.12. The number of aromatic nitrogens is 1. The molecule has 5 rings (SSSR count). The number of carbonyl (C=O) groups is 1. The van der Waals surface area contributed by atoms with E-state index in [0.29, 0.717) is 0 Å². The van der Waals surface area contributed by atoms with Crippen molar-refractivity contribution in [1.82, 2.24) is 4.57 Å². The summed E-state index contributed by atoms with van der Waals surface area (Å²) in [5.41, 5.74) is 3.70. The zero-order valence-electron chi connectivity index (χ0n) is 15.4. The van der Waals surface area contributed by atoms with Crippen LogP contribution >= 0.6 is 0 Å². The van der Waals surface area contributed by atoms with Crippen molar-refractivity contribution >= 4 is 27.6 Å². The summed E-state index contributed by atoms with van der Waals surface area (Å²) in [5, 5.41) is 22.8. The van der Waals surface area contributed by atoms with Crippen molar-refractivity contribution in [2.45, 2.75) is 0 Å². The second-order valence-corrected chi connectivity index (χ2v) is 6.99. The number of benzene rings is 4. The van der Waals surface area contributed by atoms with Gasteiger partial charge in [0.05, 0.1) is 16.8 Å². The number of aromatic hydroxyl groups is 1. The van der Waals surface area contributed by atoms with Gasteiger partial charge in [0, 0.05) is 16.6 Å². The maximum absolute atomic E-state index is 11.5. The quantitative estimate of drug-likeness (QED) is 0.413. The van der Waals surface area contributed by atoms with Gasteiger partial charge in [0.2, 0.25) is 0 Å². The smallest absolute Gasteiger partial charge is 0.335 e. The van der Waals surface area contributed by atoms with Gasteiger partial charge < -0.3 is 14.8 Å². The third-order valence-corrected chi connectivity index (χ3v) is 5.20. The Morgan fingerprint density at radius 2 is 1.59 bits per heavy atom. The summed E-state index contributed by atoms with van der Waals surface area (Å²) < 4.78 is 2.04. The Balaban J connectivity index is 1.89. The molecule has 0 aliphatic heterocycles. The molecule has 1 aromatic heterocycles. The molecule has 4 heteroatoms. The molecule has 5 aromatic rings. The van der Waals surface area contributed by atoms with E-state index in [-0.39, 0.29) is 11.3 Å². The second-order valence-electron chi connectivity index (χ2n) is 6.99. The van der Waals surface area contributed by atoms with Crippen LogP contribution in [0.5, 0.6) is 5.75 Å². The molecule has 4 aromatic carbocycles. The van der Waals surface area contributed by atoms with Crippen molar-refractivity contribution in [1.29, 1.82) is 0 Å². The van der Waals surface area contributed by atoms with E-state index in [1.54, 1.807) is 36.4 Å². The van der Waals surface area contributed by atoms with E-state index in [0.717, 1.165) is 38.6 Å². The lowest BCUT2D eigenvalue weighted by atomic mass is 10.1. The lowest BCUT2D eigenvalue weighted by Crippen LogP contribution is -2.01. The largest absolute Gasteiger partial charge is 0.508 e. The molecule has 0 unspecified atom stereocenters. The minimum absolute atomic E-state index is 0.184. The molecule has 0 aliphatic rings. The molecule has 0 radical (unpaired) electrons. The van der Waals surface area contributed by atoms with Crippen LogP contribution in [0.15, 0.2) is 91.0 Å². The molecule has 4 nitrogen and oxygen atoms in total. The molecule has 0 amide bonds. The Kier molecular flexibility index (Phi) is 3.85. The topological polar surface area (TPSA) is 62.5 Å². The number of nitrogens with zero attached hydrogens (tertiary/aromatic N) is 1. The van der Waals surface area contributed by atoms with Crippen molar-refractivity contribution in [3.8, 4) is 22.7 Å². The minimum atomic E-state index is -0.965. The molecule has 140 valence electrons. The van der Waals surface area contributed by atoms with E-state index in [4.69, 9.17) is 0 Å². The highest BCUT2D eigenvalue weighted by molar-refractivity contribution is 6.09. The number of hydrogen-bond donors (Lipinski definition) is 2. The number of fused-ring (bicyclic) bond motifs is 3. The number of hydrogen-bond acceptors (Lipinski definition) is 2. The van der Waals surface area contributed by atoms with E-state index >= 15 is 0 Å². The molecule has 2 N–H and O–H groups in total.